The van der Waals surface area contributed by atoms with Crippen LogP contribution in [0.15, 0.2) is 36.7 Å². The van der Waals surface area contributed by atoms with E-state index >= 15 is 0 Å². The molecule has 6 heteroatoms. The van der Waals surface area contributed by atoms with Crippen molar-refractivity contribution in [2.45, 2.75) is 82.8 Å². The Morgan fingerprint density at radius 2 is 1.60 bits per heavy atom. The van der Waals surface area contributed by atoms with E-state index in [0.29, 0.717) is 23.6 Å². The second-order valence-corrected chi connectivity index (χ2v) is 10.9. The monoisotopic (exact) mass is 476 g/mol. The molecule has 2 aromatic rings. The Bertz CT molecular complexity index is 973. The van der Waals surface area contributed by atoms with Gasteiger partial charge in [-0.25, -0.2) is 9.97 Å². The molecule has 0 spiro atoms. The van der Waals surface area contributed by atoms with Crippen LogP contribution in [0.3, 0.4) is 0 Å². The van der Waals surface area contributed by atoms with Crippen LogP contribution in [0.4, 0.5) is 0 Å². The lowest BCUT2D eigenvalue weighted by Gasteiger charge is -2.41. The molecule has 3 aliphatic rings. The Kier molecular flexibility index (Phi) is 7.78. The van der Waals surface area contributed by atoms with E-state index in [1.165, 1.54) is 31.2 Å². The van der Waals surface area contributed by atoms with Gasteiger partial charge in [0.2, 0.25) is 0 Å². The van der Waals surface area contributed by atoms with Crippen molar-refractivity contribution in [3.8, 4) is 0 Å². The summed E-state index contributed by atoms with van der Waals surface area (Å²) in [5.74, 6) is 1.37. The molecular formula is C29H40N4O2. The van der Waals surface area contributed by atoms with Gasteiger partial charge in [-0.2, -0.15) is 0 Å². The second-order valence-electron chi connectivity index (χ2n) is 10.9. The van der Waals surface area contributed by atoms with Gasteiger partial charge in [0.25, 0.3) is 5.91 Å². The third-order valence-corrected chi connectivity index (χ3v) is 8.76. The third-order valence-electron chi connectivity index (χ3n) is 8.76. The highest BCUT2D eigenvalue weighted by molar-refractivity contribution is 5.93. The topological polar surface area (TPSA) is 69.6 Å². The third kappa shape index (κ3) is 5.75. The van der Waals surface area contributed by atoms with Crippen molar-refractivity contribution in [1.82, 2.24) is 19.8 Å². The first-order valence-electron chi connectivity index (χ1n) is 13.6. The van der Waals surface area contributed by atoms with Crippen LogP contribution in [-0.2, 0) is 6.42 Å². The highest BCUT2D eigenvalue weighted by Crippen LogP contribution is 2.37. The van der Waals surface area contributed by atoms with Crippen molar-refractivity contribution < 1.29 is 9.90 Å². The van der Waals surface area contributed by atoms with Crippen LogP contribution in [0.25, 0.3) is 0 Å². The van der Waals surface area contributed by atoms with Gasteiger partial charge in [0, 0.05) is 43.5 Å². The molecule has 0 bridgehead atoms. The zero-order chi connectivity index (χ0) is 24.2. The minimum atomic E-state index is -0.137. The number of amides is 1. The Labute approximate surface area is 209 Å². The molecule has 3 fully saturated rings. The number of hydrogen-bond donors (Lipinski definition) is 1. The maximum atomic E-state index is 13.4. The first-order valence-corrected chi connectivity index (χ1v) is 13.6. The van der Waals surface area contributed by atoms with Crippen molar-refractivity contribution in [1.29, 1.82) is 0 Å². The van der Waals surface area contributed by atoms with Crippen LogP contribution >= 0.6 is 0 Å². The number of aliphatic hydroxyl groups excluding tert-OH is 1. The number of aromatic nitrogens is 2. The van der Waals surface area contributed by atoms with Crippen LogP contribution in [0.5, 0.6) is 0 Å². The quantitative estimate of drug-likeness (QED) is 0.694. The molecule has 1 aromatic carbocycles. The van der Waals surface area contributed by atoms with Crippen molar-refractivity contribution in [3.05, 3.63) is 59.2 Å². The van der Waals surface area contributed by atoms with Crippen molar-refractivity contribution >= 4 is 5.91 Å². The van der Waals surface area contributed by atoms with Gasteiger partial charge in [0.1, 0.15) is 12.0 Å². The Hall–Kier alpha value is -2.31. The molecule has 1 aliphatic carbocycles. The number of rotatable bonds is 5. The van der Waals surface area contributed by atoms with Crippen LogP contribution in [-0.4, -0.2) is 69.1 Å². The Morgan fingerprint density at radius 1 is 0.914 bits per heavy atom. The predicted octanol–water partition coefficient (Wildman–Crippen LogP) is 4.36. The number of piperidine rings is 2. The summed E-state index contributed by atoms with van der Waals surface area (Å²) in [6.45, 7) is 5.54. The molecule has 1 aromatic heterocycles. The van der Waals surface area contributed by atoms with Crippen LogP contribution in [0.2, 0.25) is 0 Å². The van der Waals surface area contributed by atoms with Gasteiger partial charge in [-0.1, -0.05) is 30.3 Å². The maximum absolute atomic E-state index is 13.4. The van der Waals surface area contributed by atoms with E-state index in [9.17, 15) is 9.90 Å². The summed E-state index contributed by atoms with van der Waals surface area (Å²) in [5, 5.41) is 9.79. The Morgan fingerprint density at radius 3 is 2.29 bits per heavy atom. The van der Waals surface area contributed by atoms with E-state index in [4.69, 9.17) is 0 Å². The summed E-state index contributed by atoms with van der Waals surface area (Å²) in [5.41, 5.74) is 4.08. The summed E-state index contributed by atoms with van der Waals surface area (Å²) in [4.78, 5) is 26.9. The molecule has 2 saturated heterocycles. The lowest BCUT2D eigenvalue weighted by atomic mass is 9.77. The number of carbonyl (C=O) groups is 1. The second kappa shape index (κ2) is 11.2. The number of likely N-dealkylation sites (tertiary alicyclic amines) is 2. The summed E-state index contributed by atoms with van der Waals surface area (Å²) in [6.07, 6.45) is 11.0. The lowest BCUT2D eigenvalue weighted by molar-refractivity contribution is 0.0354. The molecule has 6 nitrogen and oxygen atoms in total. The van der Waals surface area contributed by atoms with Crippen molar-refractivity contribution in [3.63, 3.8) is 0 Å². The predicted molar refractivity (Wildman–Crippen MR) is 137 cm³/mol. The van der Waals surface area contributed by atoms with E-state index in [1.807, 2.05) is 11.8 Å². The minimum absolute atomic E-state index is 0.0615. The molecule has 0 atom stereocenters. The SMILES string of the molecule is Cc1c(CC2CCC(c3ccccc3)CC2)ncnc1C(=O)N1CCC(N2CCC(O)CC2)CC1. The number of benzene rings is 1. The normalized spacial score (nSPS) is 25.0. The van der Waals surface area contributed by atoms with Gasteiger partial charge in [-0.15, -0.1) is 0 Å². The van der Waals surface area contributed by atoms with Crippen molar-refractivity contribution in [2.24, 2.45) is 5.92 Å². The van der Waals surface area contributed by atoms with E-state index < -0.39 is 0 Å². The minimum Gasteiger partial charge on any atom is -0.393 e. The van der Waals surface area contributed by atoms with Crippen molar-refractivity contribution in [2.75, 3.05) is 26.2 Å². The molecule has 1 saturated carbocycles. The fourth-order valence-electron chi connectivity index (χ4n) is 6.44. The van der Waals surface area contributed by atoms with Gasteiger partial charge in [0.15, 0.2) is 0 Å². The molecule has 1 amide bonds. The molecule has 2 aliphatic heterocycles. The van der Waals surface area contributed by atoms with Gasteiger partial charge in [0.05, 0.1) is 6.10 Å². The van der Waals surface area contributed by atoms with Crippen LogP contribution < -0.4 is 0 Å². The number of hydrogen-bond acceptors (Lipinski definition) is 5. The average molecular weight is 477 g/mol. The summed E-state index contributed by atoms with van der Waals surface area (Å²) in [6, 6.07) is 11.4. The zero-order valence-corrected chi connectivity index (χ0v) is 21.1. The van der Waals surface area contributed by atoms with E-state index in [2.05, 4.69) is 45.2 Å². The van der Waals surface area contributed by atoms with E-state index in [-0.39, 0.29) is 12.0 Å². The van der Waals surface area contributed by atoms with Gasteiger partial charge in [-0.3, -0.25) is 4.79 Å². The maximum Gasteiger partial charge on any atom is 0.272 e. The highest BCUT2D eigenvalue weighted by Gasteiger charge is 2.31. The summed E-state index contributed by atoms with van der Waals surface area (Å²) in [7, 11) is 0. The molecular weight excluding hydrogens is 436 g/mol. The number of carbonyl (C=O) groups excluding carboxylic acids is 1. The smallest absolute Gasteiger partial charge is 0.272 e. The molecule has 3 heterocycles. The van der Waals surface area contributed by atoms with Gasteiger partial charge < -0.3 is 14.9 Å². The van der Waals surface area contributed by atoms with Crippen LogP contribution in [0, 0.1) is 12.8 Å². The standard InChI is InChI=1S/C29H40N4O2/c1-21-27(19-22-7-9-24(10-8-22)23-5-3-2-4-6-23)30-20-31-28(21)29(35)33-15-11-25(12-16-33)32-17-13-26(34)14-18-32/h2-6,20,22,24-26,34H,7-19H2,1H3. The summed E-state index contributed by atoms with van der Waals surface area (Å²) < 4.78 is 0. The van der Waals surface area contributed by atoms with Gasteiger partial charge in [-0.05, 0) is 82.1 Å². The molecule has 0 unspecified atom stereocenters. The lowest BCUT2D eigenvalue weighted by Crippen LogP contribution is -2.49. The highest BCUT2D eigenvalue weighted by atomic mass is 16.3. The van der Waals surface area contributed by atoms with E-state index in [1.54, 1.807) is 6.33 Å². The summed E-state index contributed by atoms with van der Waals surface area (Å²) >= 11 is 0. The fraction of sp³-hybridized carbons (Fsp3) is 0.621. The zero-order valence-electron chi connectivity index (χ0n) is 21.1. The molecule has 0 radical (unpaired) electrons. The Balaban J connectivity index is 1.15. The van der Waals surface area contributed by atoms with Crippen LogP contribution in [0.1, 0.15) is 84.6 Å². The first kappa shape index (κ1) is 24.4. The molecule has 1 N–H and O–H groups in total. The molecule has 35 heavy (non-hydrogen) atoms. The molecule has 188 valence electrons. The van der Waals surface area contributed by atoms with Gasteiger partial charge >= 0.3 is 0 Å². The van der Waals surface area contributed by atoms with E-state index in [0.717, 1.165) is 69.5 Å². The average Bonchev–Trinajstić information content (AvgIpc) is 2.91. The largest absolute Gasteiger partial charge is 0.393 e. The molecule has 5 rings (SSSR count). The number of aliphatic hydroxyl groups is 1. The fourth-order valence-corrected chi connectivity index (χ4v) is 6.44. The number of nitrogens with zero attached hydrogens (tertiary/aromatic N) is 4. The first-order chi connectivity index (χ1) is 17.1.